The Morgan fingerprint density at radius 1 is 1.29 bits per heavy atom. The third kappa shape index (κ3) is 3.18. The van der Waals surface area contributed by atoms with Gasteiger partial charge in [0.15, 0.2) is 0 Å². The van der Waals surface area contributed by atoms with Gasteiger partial charge in [-0.3, -0.25) is 4.79 Å². The minimum Gasteiger partial charge on any atom is -0.507 e. The van der Waals surface area contributed by atoms with Gasteiger partial charge in [-0.2, -0.15) is 13.2 Å². The van der Waals surface area contributed by atoms with Gasteiger partial charge < -0.3 is 20.3 Å². The maximum atomic E-state index is 12.8. The van der Waals surface area contributed by atoms with Crippen LogP contribution in [0.3, 0.4) is 0 Å². The van der Waals surface area contributed by atoms with Crippen LogP contribution < -0.4 is 10.1 Å². The van der Waals surface area contributed by atoms with Crippen LogP contribution in [0.2, 0.25) is 0 Å². The van der Waals surface area contributed by atoms with E-state index in [9.17, 15) is 27.9 Å². The number of methoxy groups -OCH3 is 1. The number of phenols is 1. The number of halogens is 3. The van der Waals surface area contributed by atoms with Crippen molar-refractivity contribution in [2.24, 2.45) is 0 Å². The summed E-state index contributed by atoms with van der Waals surface area (Å²) >= 11 is 0. The van der Waals surface area contributed by atoms with Gasteiger partial charge in [-0.15, -0.1) is 0 Å². The first-order chi connectivity index (χ1) is 9.52. The number of carbonyl (C=O) groups excluding carboxylic acids is 1. The number of aliphatic carboxylic acids is 1. The number of amides is 1. The molecule has 1 aromatic carbocycles. The van der Waals surface area contributed by atoms with Gasteiger partial charge in [-0.25, -0.2) is 4.79 Å². The number of rotatable bonds is 4. The lowest BCUT2D eigenvalue weighted by Gasteiger charge is -2.28. The highest BCUT2D eigenvalue weighted by molar-refractivity contribution is 6.00. The molecule has 0 spiro atoms. The molecule has 0 bridgehead atoms. The van der Waals surface area contributed by atoms with Crippen molar-refractivity contribution in [2.45, 2.75) is 18.6 Å². The number of hydrogen-bond acceptors (Lipinski definition) is 4. The van der Waals surface area contributed by atoms with Gasteiger partial charge in [0.05, 0.1) is 12.7 Å². The first-order valence-electron chi connectivity index (χ1n) is 5.52. The van der Waals surface area contributed by atoms with Crippen molar-refractivity contribution < 1.29 is 37.7 Å². The van der Waals surface area contributed by atoms with Crippen LogP contribution in [0.25, 0.3) is 0 Å². The molecule has 1 atom stereocenters. The molecule has 1 amide bonds. The molecule has 0 heterocycles. The molecule has 0 fully saturated rings. The van der Waals surface area contributed by atoms with Gasteiger partial charge in [0, 0.05) is 6.07 Å². The Labute approximate surface area is 117 Å². The number of alkyl halides is 3. The van der Waals surface area contributed by atoms with E-state index in [0.29, 0.717) is 6.92 Å². The summed E-state index contributed by atoms with van der Waals surface area (Å²) in [6, 6.07) is 3.27. The molecule has 0 saturated heterocycles. The maximum absolute atomic E-state index is 12.8. The number of carbonyl (C=O) groups is 2. The predicted molar refractivity (Wildman–Crippen MR) is 64.2 cm³/mol. The van der Waals surface area contributed by atoms with Crippen LogP contribution in [0.4, 0.5) is 13.2 Å². The fourth-order valence-corrected chi connectivity index (χ4v) is 1.37. The number of carboxylic acids is 1. The largest absolute Gasteiger partial charge is 0.507 e. The number of carboxylic acid groups (broad SMARTS) is 1. The molecule has 0 aliphatic carbocycles. The summed E-state index contributed by atoms with van der Waals surface area (Å²) in [4.78, 5) is 22.6. The third-order valence-electron chi connectivity index (χ3n) is 2.81. The Balaban J connectivity index is 3.12. The van der Waals surface area contributed by atoms with Gasteiger partial charge in [0.25, 0.3) is 5.91 Å². The Kier molecular flexibility index (Phi) is 4.35. The fourth-order valence-electron chi connectivity index (χ4n) is 1.37. The first-order valence-corrected chi connectivity index (χ1v) is 5.52. The van der Waals surface area contributed by atoms with E-state index >= 15 is 0 Å². The summed E-state index contributed by atoms with van der Waals surface area (Å²) in [5, 5.41) is 19.6. The van der Waals surface area contributed by atoms with E-state index in [4.69, 9.17) is 9.84 Å². The molecule has 3 N–H and O–H groups in total. The molecule has 0 aliphatic rings. The van der Waals surface area contributed by atoms with Crippen LogP contribution in [0, 0.1) is 0 Å². The molecular weight excluding hydrogens is 295 g/mol. The number of hydrogen-bond donors (Lipinski definition) is 3. The zero-order valence-electron chi connectivity index (χ0n) is 11.0. The third-order valence-corrected chi connectivity index (χ3v) is 2.81. The highest BCUT2D eigenvalue weighted by Crippen LogP contribution is 2.31. The lowest BCUT2D eigenvalue weighted by atomic mass is 10.0. The molecule has 6 nitrogen and oxygen atoms in total. The van der Waals surface area contributed by atoms with E-state index in [-0.39, 0.29) is 5.75 Å². The number of nitrogens with one attached hydrogen (secondary N) is 1. The van der Waals surface area contributed by atoms with Crippen molar-refractivity contribution in [3.63, 3.8) is 0 Å². The molecule has 1 aromatic rings. The lowest BCUT2D eigenvalue weighted by Crippen LogP contribution is -2.61. The van der Waals surface area contributed by atoms with Crippen molar-refractivity contribution >= 4 is 11.9 Å². The molecule has 116 valence electrons. The quantitative estimate of drug-likeness (QED) is 0.784. The van der Waals surface area contributed by atoms with Gasteiger partial charge in [0.2, 0.25) is 5.54 Å². The molecule has 9 heteroatoms. The summed E-state index contributed by atoms with van der Waals surface area (Å²) in [5.74, 6) is -4.10. The molecule has 0 aliphatic heterocycles. The minimum absolute atomic E-state index is 0.181. The predicted octanol–water partition coefficient (Wildman–Crippen LogP) is 1.54. The normalized spacial score (nSPS) is 14.1. The first kappa shape index (κ1) is 16.6. The van der Waals surface area contributed by atoms with E-state index < -0.39 is 34.9 Å². The second kappa shape index (κ2) is 5.51. The smallest absolute Gasteiger partial charge is 0.422 e. The van der Waals surface area contributed by atoms with Gasteiger partial charge in [0.1, 0.15) is 11.5 Å². The van der Waals surface area contributed by atoms with Gasteiger partial charge >= 0.3 is 12.1 Å². The van der Waals surface area contributed by atoms with E-state index in [1.54, 1.807) is 0 Å². The van der Waals surface area contributed by atoms with Crippen LogP contribution in [-0.4, -0.2) is 40.9 Å². The average molecular weight is 307 g/mol. The Bertz CT molecular complexity index is 573. The van der Waals surface area contributed by atoms with E-state index in [0.717, 1.165) is 12.1 Å². The second-order valence-corrected chi connectivity index (χ2v) is 4.27. The molecule has 0 saturated carbocycles. The number of aromatic hydroxyl groups is 1. The van der Waals surface area contributed by atoms with Crippen LogP contribution in [0.5, 0.6) is 11.5 Å². The molecular formula is C12H12F3NO5. The number of benzene rings is 1. The number of phenolic OH excluding ortho intramolecular Hbond substituents is 1. The molecule has 1 rings (SSSR count). The van der Waals surface area contributed by atoms with Crippen LogP contribution >= 0.6 is 0 Å². The SMILES string of the molecule is COc1ccc(C(=O)NC(C)(C(=O)O)C(F)(F)F)c(O)c1. The summed E-state index contributed by atoms with van der Waals surface area (Å²) < 4.78 is 43.1. The highest BCUT2D eigenvalue weighted by atomic mass is 19.4. The Morgan fingerprint density at radius 2 is 1.86 bits per heavy atom. The maximum Gasteiger partial charge on any atom is 0.422 e. The Hall–Kier alpha value is -2.45. The molecule has 0 aromatic heterocycles. The summed E-state index contributed by atoms with van der Waals surface area (Å²) in [6.07, 6.45) is -5.21. The molecule has 0 radical (unpaired) electrons. The monoisotopic (exact) mass is 307 g/mol. The minimum atomic E-state index is -5.21. The summed E-state index contributed by atoms with van der Waals surface area (Å²) in [6.45, 7) is 0.313. The lowest BCUT2D eigenvalue weighted by molar-refractivity contribution is -0.203. The van der Waals surface area contributed by atoms with Crippen LogP contribution in [0.1, 0.15) is 17.3 Å². The number of ether oxygens (including phenoxy) is 1. The zero-order chi connectivity index (χ0) is 16.4. The van der Waals surface area contributed by atoms with Gasteiger partial charge in [-0.05, 0) is 19.1 Å². The van der Waals surface area contributed by atoms with Crippen molar-refractivity contribution in [3.8, 4) is 11.5 Å². The van der Waals surface area contributed by atoms with Crippen molar-refractivity contribution in [1.29, 1.82) is 0 Å². The van der Waals surface area contributed by atoms with E-state index in [2.05, 4.69) is 0 Å². The van der Waals surface area contributed by atoms with Crippen LogP contribution in [-0.2, 0) is 4.79 Å². The standard InChI is InChI=1S/C12H12F3NO5/c1-11(10(19)20,12(13,14)15)16-9(18)7-4-3-6(21-2)5-8(7)17/h3-5,17H,1-2H3,(H,16,18)(H,19,20). The Morgan fingerprint density at radius 3 is 2.24 bits per heavy atom. The summed E-state index contributed by atoms with van der Waals surface area (Å²) in [5.41, 5.74) is -3.98. The molecule has 21 heavy (non-hydrogen) atoms. The second-order valence-electron chi connectivity index (χ2n) is 4.27. The molecule has 1 unspecified atom stereocenters. The van der Waals surface area contributed by atoms with Gasteiger partial charge in [-0.1, -0.05) is 0 Å². The fraction of sp³-hybridized carbons (Fsp3) is 0.333. The highest BCUT2D eigenvalue weighted by Gasteiger charge is 2.58. The van der Waals surface area contributed by atoms with Crippen molar-refractivity contribution in [1.82, 2.24) is 5.32 Å². The van der Waals surface area contributed by atoms with Crippen molar-refractivity contribution in [3.05, 3.63) is 23.8 Å². The van der Waals surface area contributed by atoms with Crippen LogP contribution in [0.15, 0.2) is 18.2 Å². The zero-order valence-corrected chi connectivity index (χ0v) is 11.0. The van der Waals surface area contributed by atoms with E-state index in [1.165, 1.54) is 18.5 Å². The topological polar surface area (TPSA) is 95.9 Å². The van der Waals surface area contributed by atoms with E-state index in [1.807, 2.05) is 0 Å². The average Bonchev–Trinajstić information content (AvgIpc) is 2.36. The summed E-state index contributed by atoms with van der Waals surface area (Å²) in [7, 11) is 1.29. The van der Waals surface area contributed by atoms with Crippen molar-refractivity contribution in [2.75, 3.05) is 7.11 Å².